The molecule has 1 aliphatic rings. The normalized spacial score (nSPS) is 16.9. The number of guanidine groups is 1. The first kappa shape index (κ1) is 19.8. The summed E-state index contributed by atoms with van der Waals surface area (Å²) >= 11 is 1.78. The smallest absolute Gasteiger partial charge is 0.193 e. The van der Waals surface area contributed by atoms with Crippen molar-refractivity contribution < 1.29 is 9.13 Å². The van der Waals surface area contributed by atoms with Crippen LogP contribution in [0, 0.1) is 5.82 Å². The summed E-state index contributed by atoms with van der Waals surface area (Å²) < 4.78 is 18.6. The Bertz CT molecular complexity index is 714. The molecule has 7 heteroatoms. The summed E-state index contributed by atoms with van der Waals surface area (Å²) in [6.45, 7) is 4.88. The third-order valence-electron chi connectivity index (χ3n) is 4.72. The molecule has 1 saturated heterocycles. The van der Waals surface area contributed by atoms with Gasteiger partial charge in [0.2, 0.25) is 0 Å². The molecule has 0 aliphatic carbocycles. The number of nitrogens with zero attached hydrogens (tertiary/aromatic N) is 3. The van der Waals surface area contributed by atoms with E-state index in [0.29, 0.717) is 12.6 Å². The highest BCUT2D eigenvalue weighted by Gasteiger charge is 2.24. The van der Waals surface area contributed by atoms with E-state index in [1.165, 1.54) is 17.0 Å². The van der Waals surface area contributed by atoms with Gasteiger partial charge in [0.25, 0.3) is 0 Å². The molecule has 0 radical (unpaired) electrons. The van der Waals surface area contributed by atoms with Crippen molar-refractivity contribution in [1.29, 1.82) is 0 Å². The quantitative estimate of drug-likeness (QED) is 0.608. The van der Waals surface area contributed by atoms with Crippen molar-refractivity contribution in [2.45, 2.75) is 12.6 Å². The maximum atomic E-state index is 13.1. The van der Waals surface area contributed by atoms with Crippen LogP contribution in [0.25, 0.3) is 0 Å². The Morgan fingerprint density at radius 2 is 2.04 bits per heavy atom. The van der Waals surface area contributed by atoms with Gasteiger partial charge in [-0.05, 0) is 29.1 Å². The van der Waals surface area contributed by atoms with Crippen LogP contribution in [0.15, 0.2) is 46.8 Å². The lowest BCUT2D eigenvalue weighted by atomic mass is 10.2. The van der Waals surface area contributed by atoms with Gasteiger partial charge >= 0.3 is 0 Å². The summed E-state index contributed by atoms with van der Waals surface area (Å²) in [6.07, 6.45) is 0. The van der Waals surface area contributed by atoms with Gasteiger partial charge in [0.15, 0.2) is 5.96 Å². The summed E-state index contributed by atoms with van der Waals surface area (Å²) in [4.78, 5) is 10.3. The zero-order valence-corrected chi connectivity index (χ0v) is 16.7. The van der Waals surface area contributed by atoms with Crippen LogP contribution >= 0.6 is 11.3 Å². The van der Waals surface area contributed by atoms with Crippen LogP contribution in [-0.2, 0) is 11.3 Å². The Balaban J connectivity index is 1.62. The lowest BCUT2D eigenvalue weighted by molar-refractivity contribution is 0.0176. The molecule has 2 heterocycles. The number of thiophene rings is 1. The number of halogens is 1. The molecule has 1 aliphatic heterocycles. The Kier molecular flexibility index (Phi) is 7.20. The third kappa shape index (κ3) is 5.51. The lowest BCUT2D eigenvalue weighted by Gasteiger charge is -2.35. The van der Waals surface area contributed by atoms with E-state index in [1.807, 2.05) is 7.05 Å². The molecule has 1 unspecified atom stereocenters. The molecule has 0 saturated carbocycles. The van der Waals surface area contributed by atoms with E-state index in [0.717, 1.165) is 44.4 Å². The van der Waals surface area contributed by atoms with Gasteiger partial charge in [-0.2, -0.15) is 0 Å². The topological polar surface area (TPSA) is 40.1 Å². The monoisotopic (exact) mass is 390 g/mol. The zero-order chi connectivity index (χ0) is 19.1. The van der Waals surface area contributed by atoms with Crippen molar-refractivity contribution in [2.24, 2.45) is 4.99 Å². The number of ether oxygens (including phenoxy) is 1. The van der Waals surface area contributed by atoms with E-state index in [4.69, 9.17) is 4.74 Å². The third-order valence-corrected chi connectivity index (χ3v) is 5.69. The molecule has 3 rings (SSSR count). The molecule has 27 heavy (non-hydrogen) atoms. The van der Waals surface area contributed by atoms with Gasteiger partial charge in [-0.3, -0.25) is 9.89 Å². The number of rotatable bonds is 6. The maximum Gasteiger partial charge on any atom is 0.193 e. The van der Waals surface area contributed by atoms with Gasteiger partial charge in [-0.1, -0.05) is 18.2 Å². The van der Waals surface area contributed by atoms with Gasteiger partial charge in [0.05, 0.1) is 19.3 Å². The number of morpholine rings is 1. The number of aliphatic imine (C=N–C) groups is 1. The Morgan fingerprint density at radius 1 is 1.30 bits per heavy atom. The number of nitrogens with one attached hydrogen (secondary N) is 1. The highest BCUT2D eigenvalue weighted by atomic mass is 32.1. The average Bonchev–Trinajstić information content (AvgIpc) is 3.22. The predicted molar refractivity (Wildman–Crippen MR) is 109 cm³/mol. The van der Waals surface area contributed by atoms with E-state index in [2.05, 4.69) is 37.6 Å². The standard InChI is InChI=1S/C20H27FN4OS/c1-22-20(24(2)15-16-5-7-17(21)8-6-16)23-14-18(19-4-3-13-27-19)25-9-11-26-12-10-25/h3-8,13,18H,9-12,14-15H2,1-2H3,(H,22,23). The first-order valence-corrected chi connectivity index (χ1v) is 10.1. The molecule has 1 aromatic heterocycles. The summed E-state index contributed by atoms with van der Waals surface area (Å²) in [7, 11) is 3.78. The minimum atomic E-state index is -0.215. The minimum Gasteiger partial charge on any atom is -0.379 e. The van der Waals surface area contributed by atoms with Crippen LogP contribution in [0.4, 0.5) is 4.39 Å². The van der Waals surface area contributed by atoms with Crippen LogP contribution in [-0.4, -0.2) is 62.7 Å². The van der Waals surface area contributed by atoms with E-state index in [-0.39, 0.29) is 5.82 Å². The van der Waals surface area contributed by atoms with Crippen molar-refractivity contribution >= 4 is 17.3 Å². The summed E-state index contributed by atoms with van der Waals surface area (Å²) in [5.74, 6) is 0.613. The van der Waals surface area contributed by atoms with Gasteiger partial charge in [-0.15, -0.1) is 11.3 Å². The van der Waals surface area contributed by atoms with Crippen LogP contribution in [0.5, 0.6) is 0 Å². The SMILES string of the molecule is CN=C(NCC(c1cccs1)N1CCOCC1)N(C)Cc1ccc(F)cc1. The second-order valence-electron chi connectivity index (χ2n) is 6.59. The Hall–Kier alpha value is -1.96. The molecule has 2 aromatic rings. The highest BCUT2D eigenvalue weighted by Crippen LogP contribution is 2.25. The first-order valence-electron chi connectivity index (χ1n) is 9.19. The molecule has 146 valence electrons. The molecular weight excluding hydrogens is 363 g/mol. The molecular formula is C20H27FN4OS. The second kappa shape index (κ2) is 9.82. The average molecular weight is 391 g/mol. The second-order valence-corrected chi connectivity index (χ2v) is 7.57. The van der Waals surface area contributed by atoms with Crippen molar-refractivity contribution in [3.63, 3.8) is 0 Å². The van der Waals surface area contributed by atoms with Gasteiger partial charge in [-0.25, -0.2) is 4.39 Å². The lowest BCUT2D eigenvalue weighted by Crippen LogP contribution is -2.46. The predicted octanol–water partition coefficient (Wildman–Crippen LogP) is 2.97. The molecule has 1 aromatic carbocycles. The molecule has 0 bridgehead atoms. The van der Waals surface area contributed by atoms with Crippen LogP contribution in [0.1, 0.15) is 16.5 Å². The first-order chi connectivity index (χ1) is 13.2. The van der Waals surface area contributed by atoms with E-state index in [1.54, 1.807) is 30.5 Å². The van der Waals surface area contributed by atoms with Crippen molar-refractivity contribution in [2.75, 3.05) is 46.9 Å². The van der Waals surface area contributed by atoms with Gasteiger partial charge in [0, 0.05) is 45.2 Å². The van der Waals surface area contributed by atoms with Crippen LogP contribution in [0.3, 0.4) is 0 Å². The van der Waals surface area contributed by atoms with Crippen molar-refractivity contribution in [3.8, 4) is 0 Å². The summed E-state index contributed by atoms with van der Waals surface area (Å²) in [5, 5.41) is 5.64. The zero-order valence-electron chi connectivity index (χ0n) is 15.9. The van der Waals surface area contributed by atoms with E-state index in [9.17, 15) is 4.39 Å². The highest BCUT2D eigenvalue weighted by molar-refractivity contribution is 7.10. The number of benzene rings is 1. The maximum absolute atomic E-state index is 13.1. The fourth-order valence-corrected chi connectivity index (χ4v) is 4.15. The molecule has 1 fully saturated rings. The fraction of sp³-hybridized carbons (Fsp3) is 0.450. The number of hydrogen-bond acceptors (Lipinski definition) is 4. The number of hydrogen-bond donors (Lipinski definition) is 1. The van der Waals surface area contributed by atoms with Gasteiger partial charge < -0.3 is 15.0 Å². The van der Waals surface area contributed by atoms with E-state index < -0.39 is 0 Å². The molecule has 0 amide bonds. The van der Waals surface area contributed by atoms with Crippen LogP contribution < -0.4 is 5.32 Å². The van der Waals surface area contributed by atoms with Crippen molar-refractivity contribution in [3.05, 3.63) is 58.0 Å². The van der Waals surface area contributed by atoms with Crippen molar-refractivity contribution in [1.82, 2.24) is 15.1 Å². The summed E-state index contributed by atoms with van der Waals surface area (Å²) in [6, 6.07) is 11.2. The fourth-order valence-electron chi connectivity index (χ4n) is 3.29. The van der Waals surface area contributed by atoms with E-state index >= 15 is 0 Å². The molecule has 1 N–H and O–H groups in total. The minimum absolute atomic E-state index is 0.215. The Morgan fingerprint density at radius 3 is 2.67 bits per heavy atom. The summed E-state index contributed by atoms with van der Waals surface area (Å²) in [5.41, 5.74) is 1.05. The molecule has 1 atom stereocenters. The van der Waals surface area contributed by atoms with Crippen LogP contribution in [0.2, 0.25) is 0 Å². The van der Waals surface area contributed by atoms with Gasteiger partial charge in [0.1, 0.15) is 5.82 Å². The largest absolute Gasteiger partial charge is 0.379 e. The molecule has 0 spiro atoms. The Labute approximate surface area is 164 Å². The molecule has 5 nitrogen and oxygen atoms in total.